The summed E-state index contributed by atoms with van der Waals surface area (Å²) in [5.41, 5.74) is -11.1. The number of esters is 7. The highest BCUT2D eigenvalue weighted by Crippen LogP contribution is 2.67. The van der Waals surface area contributed by atoms with Gasteiger partial charge in [-0.2, -0.15) is 0 Å². The Labute approximate surface area is 332 Å². The first kappa shape index (κ1) is 42.2. The molecule has 2 saturated carbocycles. The molecular formula is C40H45NO17. The van der Waals surface area contributed by atoms with Crippen LogP contribution in [0.3, 0.4) is 0 Å². The molecular weight excluding hydrogens is 766 g/mol. The minimum Gasteiger partial charge on any atom is -0.459 e. The highest BCUT2D eigenvalue weighted by molar-refractivity contribution is 5.91. The molecule has 13 atom stereocenters. The molecule has 2 aliphatic heterocycles. The SMILES string of the molecule is CC(=O)OC1C2C(OC(C)=O)C34OC2(C)COC(=O)c2cccnc2C(C)C(C)C(=O)OC(C(O)C(OC(C)=O)C3(OC(=O)c2ccccc2)C1OC(C)=O)C4(C)O. The van der Waals surface area contributed by atoms with Crippen LogP contribution in [0.15, 0.2) is 48.7 Å². The Morgan fingerprint density at radius 3 is 1.98 bits per heavy atom. The average molecular weight is 812 g/mol. The van der Waals surface area contributed by atoms with Gasteiger partial charge < -0.3 is 48.1 Å². The van der Waals surface area contributed by atoms with Gasteiger partial charge in [0.25, 0.3) is 0 Å². The number of hydrogen-bond donors (Lipinski definition) is 2. The number of benzene rings is 1. The zero-order valence-corrected chi connectivity index (χ0v) is 33.0. The molecule has 0 radical (unpaired) electrons. The third kappa shape index (κ3) is 6.46. The fourth-order valence-electron chi connectivity index (χ4n) is 9.18. The molecule has 2 aromatic rings. The van der Waals surface area contributed by atoms with E-state index in [9.17, 15) is 43.8 Å². The van der Waals surface area contributed by atoms with E-state index in [0.29, 0.717) is 0 Å². The highest BCUT2D eigenvalue weighted by Gasteiger charge is 2.93. The molecule has 6 rings (SSSR count). The van der Waals surface area contributed by atoms with E-state index < -0.39 is 125 Å². The summed E-state index contributed by atoms with van der Waals surface area (Å²) in [6, 6.07) is 10.1. The van der Waals surface area contributed by atoms with Gasteiger partial charge in [0.05, 0.1) is 28.7 Å². The lowest BCUT2D eigenvalue weighted by molar-refractivity contribution is -0.395. The van der Waals surface area contributed by atoms with Crippen molar-refractivity contribution in [1.82, 2.24) is 4.98 Å². The van der Waals surface area contributed by atoms with Crippen molar-refractivity contribution in [2.45, 2.75) is 120 Å². The number of fused-ring (bicyclic) bond motifs is 5. The van der Waals surface area contributed by atoms with Crippen molar-refractivity contribution in [3.8, 4) is 0 Å². The zero-order valence-electron chi connectivity index (χ0n) is 33.0. The van der Waals surface area contributed by atoms with Crippen LogP contribution in [0.1, 0.15) is 87.7 Å². The molecule has 2 N–H and O–H groups in total. The van der Waals surface area contributed by atoms with Crippen LogP contribution >= 0.6 is 0 Å². The Balaban J connectivity index is 1.77. The Hall–Kier alpha value is -5.46. The van der Waals surface area contributed by atoms with Gasteiger partial charge in [-0.3, -0.25) is 29.0 Å². The molecule has 1 aromatic carbocycles. The maximum Gasteiger partial charge on any atom is 0.340 e. The fourth-order valence-corrected chi connectivity index (χ4v) is 9.18. The van der Waals surface area contributed by atoms with Gasteiger partial charge in [0, 0.05) is 39.8 Å². The van der Waals surface area contributed by atoms with Crippen LogP contribution in [0.25, 0.3) is 0 Å². The summed E-state index contributed by atoms with van der Waals surface area (Å²) in [4.78, 5) is 99.8. The van der Waals surface area contributed by atoms with E-state index in [0.717, 1.165) is 34.6 Å². The molecule has 4 bridgehead atoms. The molecule has 1 saturated heterocycles. The molecule has 18 nitrogen and oxygen atoms in total. The van der Waals surface area contributed by atoms with Gasteiger partial charge in [-0.1, -0.05) is 32.0 Å². The van der Waals surface area contributed by atoms with E-state index in [4.69, 9.17) is 37.9 Å². The van der Waals surface area contributed by atoms with Crippen LogP contribution < -0.4 is 0 Å². The quantitative estimate of drug-likeness (QED) is 0.310. The lowest BCUT2D eigenvalue weighted by atomic mass is 9.50. The summed E-state index contributed by atoms with van der Waals surface area (Å²) < 4.78 is 48.8. The number of carbonyl (C=O) groups excluding carboxylic acids is 7. The Morgan fingerprint density at radius 1 is 0.793 bits per heavy atom. The second kappa shape index (κ2) is 15.0. The van der Waals surface area contributed by atoms with E-state index in [1.54, 1.807) is 13.0 Å². The number of aliphatic hydroxyl groups is 2. The molecule has 18 heteroatoms. The molecule has 0 amide bonds. The van der Waals surface area contributed by atoms with E-state index in [2.05, 4.69) is 4.98 Å². The van der Waals surface area contributed by atoms with Crippen molar-refractivity contribution >= 4 is 41.8 Å². The van der Waals surface area contributed by atoms with Crippen molar-refractivity contribution in [2.75, 3.05) is 6.61 Å². The minimum atomic E-state index is -3.08. The summed E-state index contributed by atoms with van der Waals surface area (Å²) in [7, 11) is 0. The first-order chi connectivity index (χ1) is 27.1. The molecule has 2 aliphatic carbocycles. The van der Waals surface area contributed by atoms with Gasteiger partial charge in [0.2, 0.25) is 5.60 Å². The van der Waals surface area contributed by atoms with Crippen LogP contribution in [0.4, 0.5) is 0 Å². The lowest BCUT2D eigenvalue weighted by Crippen LogP contribution is -2.92. The Kier molecular flexibility index (Phi) is 10.9. The monoisotopic (exact) mass is 811 g/mol. The number of carbonyl (C=O) groups is 7. The molecule has 1 spiro atoms. The molecule has 3 fully saturated rings. The average Bonchev–Trinajstić information content (AvgIpc) is 3.38. The first-order valence-corrected chi connectivity index (χ1v) is 18.5. The van der Waals surface area contributed by atoms with Gasteiger partial charge in [-0.15, -0.1) is 0 Å². The molecule has 58 heavy (non-hydrogen) atoms. The van der Waals surface area contributed by atoms with Gasteiger partial charge in [-0.25, -0.2) is 9.59 Å². The largest absolute Gasteiger partial charge is 0.459 e. The van der Waals surface area contributed by atoms with Crippen LogP contribution in [0, 0.1) is 11.8 Å². The first-order valence-electron chi connectivity index (χ1n) is 18.5. The number of rotatable bonds is 6. The maximum absolute atomic E-state index is 14.5. The molecule has 4 aliphatic rings. The van der Waals surface area contributed by atoms with Crippen molar-refractivity contribution in [2.24, 2.45) is 11.8 Å². The second-order valence-electron chi connectivity index (χ2n) is 15.5. The van der Waals surface area contributed by atoms with E-state index >= 15 is 0 Å². The van der Waals surface area contributed by atoms with Crippen molar-refractivity contribution < 1.29 is 81.7 Å². The zero-order chi connectivity index (χ0) is 42.7. The van der Waals surface area contributed by atoms with Gasteiger partial charge in [0.15, 0.2) is 30.0 Å². The molecule has 3 heterocycles. The summed E-state index contributed by atoms with van der Waals surface area (Å²) in [6.45, 7) is 8.51. The normalized spacial score (nSPS) is 37.8. The summed E-state index contributed by atoms with van der Waals surface area (Å²) >= 11 is 0. The van der Waals surface area contributed by atoms with E-state index in [1.165, 1.54) is 56.4 Å². The van der Waals surface area contributed by atoms with Gasteiger partial charge in [-0.05, 0) is 38.1 Å². The minimum absolute atomic E-state index is 0.0476. The number of hydrogen-bond acceptors (Lipinski definition) is 18. The summed E-state index contributed by atoms with van der Waals surface area (Å²) in [6.07, 6.45) is -11.6. The van der Waals surface area contributed by atoms with Gasteiger partial charge in [0.1, 0.15) is 30.0 Å². The van der Waals surface area contributed by atoms with Crippen molar-refractivity contribution in [3.05, 3.63) is 65.5 Å². The number of ether oxygens (including phenoxy) is 8. The Morgan fingerprint density at radius 2 is 1.38 bits per heavy atom. The summed E-state index contributed by atoms with van der Waals surface area (Å²) in [5, 5.41) is 25.8. The van der Waals surface area contributed by atoms with Crippen LogP contribution in [0.2, 0.25) is 0 Å². The van der Waals surface area contributed by atoms with Gasteiger partial charge >= 0.3 is 41.8 Å². The topological polar surface area (TPSA) is 247 Å². The molecule has 1 aromatic heterocycles. The predicted molar refractivity (Wildman–Crippen MR) is 191 cm³/mol. The molecule has 312 valence electrons. The fraction of sp³-hybridized carbons (Fsp3) is 0.550. The van der Waals surface area contributed by atoms with E-state index in [-0.39, 0.29) is 16.8 Å². The van der Waals surface area contributed by atoms with Crippen LogP contribution in [-0.2, 0) is 61.9 Å². The highest BCUT2D eigenvalue weighted by atomic mass is 16.7. The van der Waals surface area contributed by atoms with Crippen molar-refractivity contribution in [1.29, 1.82) is 0 Å². The number of aliphatic hydroxyl groups excluding tert-OH is 1. The number of cyclic esters (lactones) is 1. The smallest absolute Gasteiger partial charge is 0.340 e. The van der Waals surface area contributed by atoms with E-state index in [1.807, 2.05) is 0 Å². The lowest BCUT2D eigenvalue weighted by Gasteiger charge is -2.66. The maximum atomic E-state index is 14.5. The van der Waals surface area contributed by atoms with Crippen LogP contribution in [-0.4, -0.2) is 123 Å². The number of nitrogens with zero attached hydrogens (tertiary/aromatic N) is 1. The third-order valence-corrected chi connectivity index (χ3v) is 11.6. The summed E-state index contributed by atoms with van der Waals surface area (Å²) in [5.74, 6) is -11.1. The standard InChI is InChI=1S/C40H45NO17/c1-18-19(2)34(47)56-31-28(46)32(54-22(5)44)39(57-35(48)24-13-10-9-11-14-24)33(55-23(6)45)29(52-20(3)42)26-30(53-21(4)43)40(39,38(31,8)50)58-37(26,7)17-51-36(49)25-15-12-16-41-27(18)25/h9-16,18-19,26,28-33,46,50H,17H2,1-8H3. The number of aromatic nitrogens is 1. The second-order valence-corrected chi connectivity index (χ2v) is 15.5. The molecule has 13 unspecified atom stereocenters. The number of pyridine rings is 1. The van der Waals surface area contributed by atoms with Crippen LogP contribution in [0.5, 0.6) is 0 Å². The van der Waals surface area contributed by atoms with Crippen molar-refractivity contribution in [3.63, 3.8) is 0 Å². The third-order valence-electron chi connectivity index (χ3n) is 11.6. The predicted octanol–water partition coefficient (Wildman–Crippen LogP) is 1.51. The Bertz CT molecular complexity index is 2020.